The molecule has 70 valence electrons. The van der Waals surface area contributed by atoms with E-state index >= 15 is 0 Å². The third-order valence-electron chi connectivity index (χ3n) is 1.88. The van der Waals surface area contributed by atoms with Crippen molar-refractivity contribution in [2.75, 3.05) is 0 Å². The number of nitriles is 1. The summed E-state index contributed by atoms with van der Waals surface area (Å²) in [7, 11) is 0. The lowest BCUT2D eigenvalue weighted by Gasteiger charge is -2.04. The molecule has 4 heteroatoms. The summed E-state index contributed by atoms with van der Waals surface area (Å²) in [5, 5.41) is 8.06. The van der Waals surface area contributed by atoms with E-state index in [-0.39, 0.29) is 16.7 Å². The SMILES string of the molecule is Cc1ccc(C=O)c(C#N)c1C(=O)Cl. The normalized spacial score (nSPS) is 9.21. The summed E-state index contributed by atoms with van der Waals surface area (Å²) >= 11 is 5.32. The number of aryl methyl sites for hydroxylation is 1. The first-order valence-electron chi connectivity index (χ1n) is 3.80. The Hall–Kier alpha value is -1.66. The van der Waals surface area contributed by atoms with E-state index in [9.17, 15) is 9.59 Å². The van der Waals surface area contributed by atoms with Crippen LogP contribution in [0.3, 0.4) is 0 Å². The second-order valence-electron chi connectivity index (χ2n) is 2.73. The van der Waals surface area contributed by atoms with Crippen molar-refractivity contribution in [3.63, 3.8) is 0 Å². The molecule has 0 bridgehead atoms. The van der Waals surface area contributed by atoms with Crippen molar-refractivity contribution >= 4 is 23.1 Å². The van der Waals surface area contributed by atoms with Gasteiger partial charge in [0.2, 0.25) is 0 Å². The Bertz CT molecular complexity index is 446. The third kappa shape index (κ3) is 1.66. The summed E-state index contributed by atoms with van der Waals surface area (Å²) in [6.45, 7) is 1.66. The van der Waals surface area contributed by atoms with Gasteiger partial charge in [0.05, 0.1) is 11.1 Å². The molecule has 0 aliphatic heterocycles. The Morgan fingerprint density at radius 1 is 1.57 bits per heavy atom. The Morgan fingerprint density at radius 2 is 2.21 bits per heavy atom. The molecule has 3 nitrogen and oxygen atoms in total. The second kappa shape index (κ2) is 4.03. The number of rotatable bonds is 2. The summed E-state index contributed by atoms with van der Waals surface area (Å²) in [5.41, 5.74) is 0.924. The summed E-state index contributed by atoms with van der Waals surface area (Å²) < 4.78 is 0. The summed E-state index contributed by atoms with van der Waals surface area (Å²) in [6.07, 6.45) is 0.529. The average Bonchev–Trinajstić information content (AvgIpc) is 2.16. The summed E-state index contributed by atoms with van der Waals surface area (Å²) in [4.78, 5) is 21.6. The molecule has 0 saturated carbocycles. The van der Waals surface area contributed by atoms with Crippen LogP contribution in [0.5, 0.6) is 0 Å². The second-order valence-corrected chi connectivity index (χ2v) is 3.07. The summed E-state index contributed by atoms with van der Waals surface area (Å²) in [5.74, 6) is 0. The molecule has 14 heavy (non-hydrogen) atoms. The Labute approximate surface area is 85.9 Å². The minimum atomic E-state index is -0.720. The fourth-order valence-electron chi connectivity index (χ4n) is 1.19. The number of nitrogens with zero attached hydrogens (tertiary/aromatic N) is 1. The van der Waals surface area contributed by atoms with Crippen LogP contribution < -0.4 is 0 Å². The fraction of sp³-hybridized carbons (Fsp3) is 0.100. The quantitative estimate of drug-likeness (QED) is 0.551. The molecule has 0 aliphatic rings. The van der Waals surface area contributed by atoms with Gasteiger partial charge in [-0.25, -0.2) is 0 Å². The molecule has 0 heterocycles. The largest absolute Gasteiger partial charge is 0.298 e. The lowest BCUT2D eigenvalue weighted by atomic mass is 9.99. The first kappa shape index (κ1) is 10.4. The van der Waals surface area contributed by atoms with E-state index in [4.69, 9.17) is 16.9 Å². The molecule has 0 unspecified atom stereocenters. The van der Waals surface area contributed by atoms with Crippen LogP contribution in [0.2, 0.25) is 0 Å². The van der Waals surface area contributed by atoms with Gasteiger partial charge in [-0.05, 0) is 24.1 Å². The maximum absolute atomic E-state index is 11.0. The molecular weight excluding hydrogens is 202 g/mol. The molecule has 0 saturated heterocycles. The minimum Gasteiger partial charge on any atom is -0.298 e. The zero-order valence-corrected chi connectivity index (χ0v) is 8.13. The Morgan fingerprint density at radius 3 is 2.64 bits per heavy atom. The topological polar surface area (TPSA) is 57.9 Å². The smallest absolute Gasteiger partial charge is 0.254 e. The van der Waals surface area contributed by atoms with Crippen molar-refractivity contribution in [1.29, 1.82) is 5.26 Å². The molecule has 1 aromatic rings. The summed E-state index contributed by atoms with van der Waals surface area (Å²) in [6, 6.07) is 4.87. The van der Waals surface area contributed by atoms with Crippen molar-refractivity contribution in [2.45, 2.75) is 6.92 Å². The van der Waals surface area contributed by atoms with Gasteiger partial charge in [-0.2, -0.15) is 5.26 Å². The van der Waals surface area contributed by atoms with Crippen molar-refractivity contribution in [3.8, 4) is 6.07 Å². The number of hydrogen-bond acceptors (Lipinski definition) is 3. The standard InChI is InChI=1S/C10H6ClNO2/c1-6-2-3-7(5-13)8(4-12)9(6)10(11)14/h2-3,5H,1H3. The lowest BCUT2D eigenvalue weighted by Crippen LogP contribution is -2.01. The van der Waals surface area contributed by atoms with Crippen LogP contribution in [-0.4, -0.2) is 11.5 Å². The van der Waals surface area contributed by atoms with Crippen LogP contribution in [0, 0.1) is 18.3 Å². The number of hydrogen-bond donors (Lipinski definition) is 0. The van der Waals surface area contributed by atoms with E-state index in [1.54, 1.807) is 19.1 Å². The van der Waals surface area contributed by atoms with Crippen LogP contribution in [0.25, 0.3) is 0 Å². The van der Waals surface area contributed by atoms with E-state index in [1.165, 1.54) is 6.07 Å². The van der Waals surface area contributed by atoms with Crippen molar-refractivity contribution in [3.05, 3.63) is 34.4 Å². The molecule has 0 amide bonds. The van der Waals surface area contributed by atoms with Crippen molar-refractivity contribution in [1.82, 2.24) is 0 Å². The highest BCUT2D eigenvalue weighted by Gasteiger charge is 2.15. The van der Waals surface area contributed by atoms with Crippen LogP contribution in [0.4, 0.5) is 0 Å². The molecular formula is C10H6ClNO2. The zero-order chi connectivity index (χ0) is 10.7. The number of aldehydes is 1. The molecule has 1 rings (SSSR count). The van der Waals surface area contributed by atoms with Crippen LogP contribution in [-0.2, 0) is 0 Å². The minimum absolute atomic E-state index is 0.0417. The average molecular weight is 208 g/mol. The van der Waals surface area contributed by atoms with Crippen LogP contribution in [0.1, 0.15) is 31.8 Å². The predicted octanol–water partition coefficient (Wildman–Crippen LogP) is 2.06. The van der Waals surface area contributed by atoms with Crippen LogP contribution in [0.15, 0.2) is 12.1 Å². The lowest BCUT2D eigenvalue weighted by molar-refractivity contribution is 0.108. The number of halogens is 1. The van der Waals surface area contributed by atoms with Gasteiger partial charge >= 0.3 is 0 Å². The Balaban J connectivity index is 3.61. The van der Waals surface area contributed by atoms with Gasteiger partial charge in [0, 0.05) is 5.56 Å². The molecule has 0 radical (unpaired) electrons. The van der Waals surface area contributed by atoms with E-state index in [0.717, 1.165) is 0 Å². The van der Waals surface area contributed by atoms with E-state index in [0.29, 0.717) is 11.8 Å². The molecule has 0 atom stereocenters. The number of carbonyl (C=O) groups is 2. The van der Waals surface area contributed by atoms with Gasteiger partial charge in [-0.3, -0.25) is 9.59 Å². The zero-order valence-electron chi connectivity index (χ0n) is 7.37. The maximum atomic E-state index is 11.0. The number of carbonyl (C=O) groups excluding carboxylic acids is 2. The molecule has 0 spiro atoms. The first-order chi connectivity index (χ1) is 6.61. The van der Waals surface area contributed by atoms with Gasteiger partial charge in [-0.15, -0.1) is 0 Å². The van der Waals surface area contributed by atoms with Gasteiger partial charge in [0.15, 0.2) is 6.29 Å². The fourth-order valence-corrected chi connectivity index (χ4v) is 1.44. The Kier molecular flexibility index (Phi) is 3.00. The third-order valence-corrected chi connectivity index (χ3v) is 2.07. The van der Waals surface area contributed by atoms with Crippen molar-refractivity contribution < 1.29 is 9.59 Å². The van der Waals surface area contributed by atoms with Gasteiger partial charge in [0.25, 0.3) is 5.24 Å². The molecule has 0 fully saturated rings. The highest BCUT2D eigenvalue weighted by Crippen LogP contribution is 2.19. The highest BCUT2D eigenvalue weighted by molar-refractivity contribution is 6.68. The van der Waals surface area contributed by atoms with Crippen LogP contribution >= 0.6 is 11.6 Å². The van der Waals surface area contributed by atoms with E-state index in [1.807, 2.05) is 0 Å². The maximum Gasteiger partial charge on any atom is 0.254 e. The highest BCUT2D eigenvalue weighted by atomic mass is 35.5. The van der Waals surface area contributed by atoms with Gasteiger partial charge in [0.1, 0.15) is 6.07 Å². The molecule has 1 aromatic carbocycles. The molecule has 0 aliphatic carbocycles. The van der Waals surface area contributed by atoms with E-state index < -0.39 is 5.24 Å². The monoisotopic (exact) mass is 207 g/mol. The predicted molar refractivity (Wildman–Crippen MR) is 51.5 cm³/mol. The van der Waals surface area contributed by atoms with Crippen molar-refractivity contribution in [2.24, 2.45) is 0 Å². The van der Waals surface area contributed by atoms with Gasteiger partial charge in [-0.1, -0.05) is 12.1 Å². The first-order valence-corrected chi connectivity index (χ1v) is 4.18. The number of benzene rings is 1. The molecule has 0 N–H and O–H groups in total. The van der Waals surface area contributed by atoms with Gasteiger partial charge < -0.3 is 0 Å². The van der Waals surface area contributed by atoms with E-state index in [2.05, 4.69) is 0 Å². The molecule has 0 aromatic heterocycles.